The molecular formula is C17H17NO2. The van der Waals surface area contributed by atoms with Crippen LogP contribution >= 0.6 is 0 Å². The molecule has 0 atom stereocenters. The number of amides is 1. The minimum absolute atomic E-state index is 0.0180. The van der Waals surface area contributed by atoms with Gasteiger partial charge in [0.05, 0.1) is 6.61 Å². The lowest BCUT2D eigenvalue weighted by atomic mass is 9.93. The molecule has 102 valence electrons. The lowest BCUT2D eigenvalue weighted by molar-refractivity contribution is -0.121. The summed E-state index contributed by atoms with van der Waals surface area (Å²) in [4.78, 5) is 12.0. The maximum Gasteiger partial charge on any atom is 0.221 e. The minimum Gasteiger partial charge on any atom is -0.395 e. The predicted octanol–water partition coefficient (Wildman–Crippen LogP) is 2.30. The number of nitrogens with one attached hydrogen (secondary N) is 1. The number of hydrogen-bond acceptors (Lipinski definition) is 2. The van der Waals surface area contributed by atoms with E-state index in [1.54, 1.807) is 0 Å². The number of rotatable bonds is 4. The average molecular weight is 267 g/mol. The summed E-state index contributed by atoms with van der Waals surface area (Å²) in [5.74, 6) is 0.0941. The molecule has 3 rings (SSSR count). The van der Waals surface area contributed by atoms with Crippen molar-refractivity contribution in [3.05, 3.63) is 59.7 Å². The molecule has 20 heavy (non-hydrogen) atoms. The topological polar surface area (TPSA) is 49.3 Å². The van der Waals surface area contributed by atoms with Crippen molar-refractivity contribution >= 4 is 5.91 Å². The molecular weight excluding hydrogens is 250 g/mol. The summed E-state index contributed by atoms with van der Waals surface area (Å²) in [6, 6.07) is 16.5. The van der Waals surface area contributed by atoms with Crippen molar-refractivity contribution in [2.45, 2.75) is 12.3 Å². The van der Waals surface area contributed by atoms with Gasteiger partial charge in [-0.15, -0.1) is 0 Å². The summed E-state index contributed by atoms with van der Waals surface area (Å²) in [5, 5.41) is 11.5. The molecule has 3 nitrogen and oxygen atoms in total. The standard InChI is InChI=1S/C17H17NO2/c19-10-9-18-17(20)11-16-14-7-3-1-5-12(14)13-6-2-4-8-15(13)16/h1-8,16,19H,9-11H2,(H,18,20). The average Bonchev–Trinajstić information content (AvgIpc) is 2.80. The number of hydrogen-bond donors (Lipinski definition) is 2. The molecule has 0 spiro atoms. The van der Waals surface area contributed by atoms with E-state index < -0.39 is 0 Å². The molecule has 2 aromatic rings. The summed E-state index contributed by atoms with van der Waals surface area (Å²) in [7, 11) is 0. The number of carbonyl (C=O) groups is 1. The van der Waals surface area contributed by atoms with Crippen LogP contribution in [0.15, 0.2) is 48.5 Å². The van der Waals surface area contributed by atoms with Gasteiger partial charge in [-0.3, -0.25) is 4.79 Å². The Morgan fingerprint density at radius 1 is 1.00 bits per heavy atom. The smallest absolute Gasteiger partial charge is 0.221 e. The van der Waals surface area contributed by atoms with Crippen LogP contribution in [0.1, 0.15) is 23.5 Å². The van der Waals surface area contributed by atoms with Crippen LogP contribution in [0.3, 0.4) is 0 Å². The Kier molecular flexibility index (Phi) is 3.52. The van der Waals surface area contributed by atoms with Gasteiger partial charge in [0, 0.05) is 18.9 Å². The largest absolute Gasteiger partial charge is 0.395 e. The quantitative estimate of drug-likeness (QED) is 0.893. The summed E-state index contributed by atoms with van der Waals surface area (Å²) in [5.41, 5.74) is 4.88. The summed E-state index contributed by atoms with van der Waals surface area (Å²) < 4.78 is 0. The SMILES string of the molecule is O=C(CC1c2ccccc2-c2ccccc21)NCCO. The van der Waals surface area contributed by atoms with Crippen molar-refractivity contribution in [3.63, 3.8) is 0 Å². The van der Waals surface area contributed by atoms with Gasteiger partial charge in [-0.05, 0) is 22.3 Å². The third-order valence-electron chi connectivity index (χ3n) is 3.79. The highest BCUT2D eigenvalue weighted by Gasteiger charge is 2.29. The first kappa shape index (κ1) is 12.9. The van der Waals surface area contributed by atoms with Gasteiger partial charge in [0.2, 0.25) is 5.91 Å². The van der Waals surface area contributed by atoms with Crippen molar-refractivity contribution in [2.75, 3.05) is 13.2 Å². The van der Waals surface area contributed by atoms with E-state index in [4.69, 9.17) is 5.11 Å². The van der Waals surface area contributed by atoms with Gasteiger partial charge >= 0.3 is 0 Å². The molecule has 0 saturated carbocycles. The number of fused-ring (bicyclic) bond motifs is 3. The molecule has 3 heteroatoms. The second kappa shape index (κ2) is 5.47. The molecule has 0 unspecified atom stereocenters. The zero-order valence-corrected chi connectivity index (χ0v) is 11.2. The number of carbonyl (C=O) groups excluding carboxylic acids is 1. The van der Waals surface area contributed by atoms with Crippen molar-refractivity contribution in [1.29, 1.82) is 0 Å². The van der Waals surface area contributed by atoms with E-state index in [1.165, 1.54) is 22.3 Å². The molecule has 0 aromatic heterocycles. The van der Waals surface area contributed by atoms with Crippen molar-refractivity contribution < 1.29 is 9.90 Å². The van der Waals surface area contributed by atoms with Crippen LogP contribution in [0.5, 0.6) is 0 Å². The Labute approximate surface area is 118 Å². The van der Waals surface area contributed by atoms with E-state index in [2.05, 4.69) is 29.6 Å². The summed E-state index contributed by atoms with van der Waals surface area (Å²) in [6.07, 6.45) is 0.425. The van der Waals surface area contributed by atoms with Gasteiger partial charge in [0.15, 0.2) is 0 Å². The Morgan fingerprint density at radius 2 is 1.55 bits per heavy atom. The Hall–Kier alpha value is -2.13. The molecule has 0 heterocycles. The first-order chi connectivity index (χ1) is 9.81. The van der Waals surface area contributed by atoms with E-state index in [-0.39, 0.29) is 18.4 Å². The molecule has 1 amide bonds. The first-order valence-corrected chi connectivity index (χ1v) is 6.87. The summed E-state index contributed by atoms with van der Waals surface area (Å²) >= 11 is 0. The van der Waals surface area contributed by atoms with Crippen molar-refractivity contribution in [2.24, 2.45) is 0 Å². The van der Waals surface area contributed by atoms with Crippen LogP contribution < -0.4 is 5.32 Å². The lowest BCUT2D eigenvalue weighted by Crippen LogP contribution is -2.27. The van der Waals surface area contributed by atoms with Gasteiger partial charge in [0.25, 0.3) is 0 Å². The van der Waals surface area contributed by atoms with E-state index in [1.807, 2.05) is 24.3 Å². The van der Waals surface area contributed by atoms with Crippen LogP contribution in [0.4, 0.5) is 0 Å². The third-order valence-corrected chi connectivity index (χ3v) is 3.79. The molecule has 0 fully saturated rings. The molecule has 0 bridgehead atoms. The van der Waals surface area contributed by atoms with E-state index in [0.717, 1.165) is 0 Å². The second-order valence-electron chi connectivity index (χ2n) is 5.00. The van der Waals surface area contributed by atoms with Gasteiger partial charge < -0.3 is 10.4 Å². The molecule has 0 saturated heterocycles. The van der Waals surface area contributed by atoms with Gasteiger partial charge in [-0.1, -0.05) is 48.5 Å². The fourth-order valence-corrected chi connectivity index (χ4v) is 2.93. The first-order valence-electron chi connectivity index (χ1n) is 6.87. The van der Waals surface area contributed by atoms with Crippen LogP contribution in [-0.2, 0) is 4.79 Å². The van der Waals surface area contributed by atoms with Crippen molar-refractivity contribution in [3.8, 4) is 11.1 Å². The van der Waals surface area contributed by atoms with E-state index >= 15 is 0 Å². The van der Waals surface area contributed by atoms with Crippen molar-refractivity contribution in [1.82, 2.24) is 5.32 Å². The van der Waals surface area contributed by atoms with Crippen LogP contribution in [0, 0.1) is 0 Å². The molecule has 0 radical (unpaired) electrons. The lowest BCUT2D eigenvalue weighted by Gasteiger charge is -2.13. The predicted molar refractivity (Wildman–Crippen MR) is 78.4 cm³/mol. The number of aliphatic hydroxyl groups is 1. The minimum atomic E-state index is -0.0242. The van der Waals surface area contributed by atoms with Gasteiger partial charge in [0.1, 0.15) is 0 Å². The maximum atomic E-state index is 12.0. The number of benzene rings is 2. The van der Waals surface area contributed by atoms with Crippen LogP contribution in [0.2, 0.25) is 0 Å². The molecule has 1 aliphatic carbocycles. The number of aliphatic hydroxyl groups excluding tert-OH is 1. The van der Waals surface area contributed by atoms with Crippen LogP contribution in [-0.4, -0.2) is 24.2 Å². The fourth-order valence-electron chi connectivity index (χ4n) is 2.93. The zero-order valence-electron chi connectivity index (χ0n) is 11.2. The Morgan fingerprint density at radius 3 is 2.10 bits per heavy atom. The molecule has 2 N–H and O–H groups in total. The highest BCUT2D eigenvalue weighted by Crippen LogP contribution is 2.45. The van der Waals surface area contributed by atoms with Crippen LogP contribution in [0.25, 0.3) is 11.1 Å². The van der Waals surface area contributed by atoms with E-state index in [9.17, 15) is 4.79 Å². The zero-order chi connectivity index (χ0) is 13.9. The highest BCUT2D eigenvalue weighted by atomic mass is 16.3. The molecule has 1 aliphatic rings. The second-order valence-corrected chi connectivity index (χ2v) is 5.00. The molecule has 0 aliphatic heterocycles. The fraction of sp³-hybridized carbons (Fsp3) is 0.235. The van der Waals surface area contributed by atoms with E-state index in [0.29, 0.717) is 13.0 Å². The normalized spacial score (nSPS) is 12.8. The maximum absolute atomic E-state index is 12.0. The Balaban J connectivity index is 1.93. The Bertz CT molecular complexity index is 591. The highest BCUT2D eigenvalue weighted by molar-refractivity contribution is 5.84. The monoisotopic (exact) mass is 267 g/mol. The summed E-state index contributed by atoms with van der Waals surface area (Å²) in [6.45, 7) is 0.290. The van der Waals surface area contributed by atoms with Gasteiger partial charge in [-0.25, -0.2) is 0 Å². The van der Waals surface area contributed by atoms with Gasteiger partial charge in [-0.2, -0.15) is 0 Å². The molecule has 2 aromatic carbocycles. The third kappa shape index (κ3) is 2.21.